The van der Waals surface area contributed by atoms with E-state index < -0.39 is 10.0 Å². The van der Waals surface area contributed by atoms with Crippen molar-refractivity contribution in [2.75, 3.05) is 26.2 Å². The number of aromatic nitrogens is 4. The van der Waals surface area contributed by atoms with Crippen LogP contribution in [-0.2, 0) is 24.1 Å². The molecule has 0 unspecified atom stereocenters. The number of nitrogens with zero attached hydrogens (tertiary/aromatic N) is 6. The first-order valence-electron chi connectivity index (χ1n) is 8.92. The van der Waals surface area contributed by atoms with Crippen LogP contribution in [0.5, 0.6) is 0 Å². The van der Waals surface area contributed by atoms with Crippen molar-refractivity contribution in [2.24, 2.45) is 14.1 Å². The Morgan fingerprint density at radius 3 is 2.33 bits per heavy atom. The molecule has 0 bridgehead atoms. The van der Waals surface area contributed by atoms with Gasteiger partial charge >= 0.3 is 0 Å². The molecule has 27 heavy (non-hydrogen) atoms. The molecule has 10 heteroatoms. The van der Waals surface area contributed by atoms with Crippen molar-refractivity contribution in [1.29, 1.82) is 0 Å². The van der Waals surface area contributed by atoms with Crippen LogP contribution in [0.4, 0.5) is 0 Å². The van der Waals surface area contributed by atoms with Crippen LogP contribution in [0.1, 0.15) is 34.0 Å². The second-order valence-electron chi connectivity index (χ2n) is 6.96. The number of carbonyl (C=O) groups is 1. The van der Waals surface area contributed by atoms with E-state index in [1.54, 1.807) is 28.1 Å². The summed E-state index contributed by atoms with van der Waals surface area (Å²) in [6.07, 6.45) is 2.11. The van der Waals surface area contributed by atoms with E-state index in [1.807, 2.05) is 20.9 Å². The fourth-order valence-corrected chi connectivity index (χ4v) is 4.86. The minimum atomic E-state index is -3.67. The van der Waals surface area contributed by atoms with Crippen LogP contribution in [0.25, 0.3) is 0 Å². The minimum Gasteiger partial charge on any atom is -0.337 e. The van der Waals surface area contributed by atoms with Gasteiger partial charge in [0.05, 0.1) is 11.3 Å². The predicted octanol–water partition coefficient (Wildman–Crippen LogP) is 0.616. The van der Waals surface area contributed by atoms with Crippen LogP contribution in [-0.4, -0.2) is 69.0 Å². The molecule has 148 valence electrons. The summed E-state index contributed by atoms with van der Waals surface area (Å²) in [5.41, 5.74) is 2.11. The molecule has 0 aliphatic carbocycles. The van der Waals surface area contributed by atoms with Gasteiger partial charge in [0, 0.05) is 52.2 Å². The smallest absolute Gasteiger partial charge is 0.262 e. The number of hydrogen-bond acceptors (Lipinski definition) is 5. The Bertz CT molecular complexity index is 956. The first-order valence-corrected chi connectivity index (χ1v) is 10.4. The van der Waals surface area contributed by atoms with Crippen molar-refractivity contribution in [3.8, 4) is 0 Å². The Morgan fingerprint density at radius 2 is 1.78 bits per heavy atom. The zero-order chi connectivity index (χ0) is 19.9. The molecule has 1 amide bonds. The Labute approximate surface area is 159 Å². The zero-order valence-corrected chi connectivity index (χ0v) is 17.2. The molecule has 3 heterocycles. The molecule has 1 aliphatic heterocycles. The van der Waals surface area contributed by atoms with Crippen molar-refractivity contribution in [2.45, 2.75) is 32.2 Å². The molecule has 1 aliphatic rings. The van der Waals surface area contributed by atoms with Crippen molar-refractivity contribution in [3.63, 3.8) is 0 Å². The van der Waals surface area contributed by atoms with Crippen LogP contribution in [0.2, 0.25) is 0 Å². The van der Waals surface area contributed by atoms with Crippen LogP contribution < -0.4 is 0 Å². The molecule has 0 atom stereocenters. The number of rotatable bonds is 3. The van der Waals surface area contributed by atoms with Crippen LogP contribution >= 0.6 is 0 Å². The maximum Gasteiger partial charge on any atom is 0.262 e. The maximum absolute atomic E-state index is 13.0. The van der Waals surface area contributed by atoms with Gasteiger partial charge in [-0.3, -0.25) is 9.48 Å². The number of amides is 1. The van der Waals surface area contributed by atoms with E-state index in [0.717, 1.165) is 5.69 Å². The number of carbonyl (C=O) groups excluding carboxylic acids is 1. The fraction of sp³-hybridized carbons (Fsp3) is 0.588. The van der Waals surface area contributed by atoms with Crippen LogP contribution in [0.15, 0.2) is 11.2 Å². The highest BCUT2D eigenvalue weighted by Crippen LogP contribution is 2.20. The molecule has 1 fully saturated rings. The largest absolute Gasteiger partial charge is 0.337 e. The van der Waals surface area contributed by atoms with Gasteiger partial charge in [-0.1, -0.05) is 0 Å². The van der Waals surface area contributed by atoms with E-state index >= 15 is 0 Å². The molecule has 2 aromatic rings. The van der Waals surface area contributed by atoms with E-state index in [-0.39, 0.29) is 17.5 Å². The Morgan fingerprint density at radius 1 is 1.07 bits per heavy atom. The van der Waals surface area contributed by atoms with E-state index in [1.165, 1.54) is 10.5 Å². The third-order valence-electron chi connectivity index (χ3n) is 5.16. The summed E-state index contributed by atoms with van der Waals surface area (Å²) in [4.78, 5) is 18.8. The van der Waals surface area contributed by atoms with Gasteiger partial charge in [0.1, 0.15) is 5.82 Å². The third kappa shape index (κ3) is 3.51. The lowest BCUT2D eigenvalue weighted by Crippen LogP contribution is -2.37. The maximum atomic E-state index is 13.0. The third-order valence-corrected chi connectivity index (χ3v) is 6.93. The lowest BCUT2D eigenvalue weighted by Gasteiger charge is -2.21. The molecular weight excluding hydrogens is 368 g/mol. The fourth-order valence-electron chi connectivity index (χ4n) is 3.36. The van der Waals surface area contributed by atoms with E-state index in [2.05, 4.69) is 10.1 Å². The molecule has 2 aromatic heterocycles. The number of sulfonamides is 1. The van der Waals surface area contributed by atoms with Gasteiger partial charge in [-0.15, -0.1) is 0 Å². The number of hydrogen-bond donors (Lipinski definition) is 0. The van der Waals surface area contributed by atoms with Gasteiger partial charge in [-0.2, -0.15) is 9.40 Å². The summed E-state index contributed by atoms with van der Waals surface area (Å²) in [7, 11) is -0.0892. The summed E-state index contributed by atoms with van der Waals surface area (Å²) in [6, 6.07) is 0. The van der Waals surface area contributed by atoms with E-state index in [0.29, 0.717) is 43.1 Å². The average molecular weight is 395 g/mol. The highest BCUT2D eigenvalue weighted by molar-refractivity contribution is 7.89. The number of imidazole rings is 1. The van der Waals surface area contributed by atoms with Crippen molar-refractivity contribution in [1.82, 2.24) is 28.5 Å². The molecule has 3 rings (SSSR count). The molecule has 0 aromatic carbocycles. The number of aryl methyl sites for hydroxylation is 4. The minimum absolute atomic E-state index is 0.0567. The average Bonchev–Trinajstić information content (AvgIpc) is 2.94. The molecular formula is C17H26N6O3S. The Kier molecular flexibility index (Phi) is 5.13. The summed E-state index contributed by atoms with van der Waals surface area (Å²) < 4.78 is 30.6. The highest BCUT2D eigenvalue weighted by Gasteiger charge is 2.31. The lowest BCUT2D eigenvalue weighted by molar-refractivity contribution is 0.0762. The van der Waals surface area contributed by atoms with Crippen molar-refractivity contribution < 1.29 is 13.2 Å². The van der Waals surface area contributed by atoms with Gasteiger partial charge < -0.3 is 9.47 Å². The normalized spacial score (nSPS) is 16.6. The van der Waals surface area contributed by atoms with Gasteiger partial charge in [-0.05, 0) is 27.2 Å². The molecule has 1 saturated heterocycles. The predicted molar refractivity (Wildman–Crippen MR) is 99.9 cm³/mol. The quantitative estimate of drug-likeness (QED) is 0.761. The highest BCUT2D eigenvalue weighted by atomic mass is 32.2. The SMILES string of the molecule is Cc1nn(C)c(C)c1C(=O)N1CCCN(S(=O)(=O)c2cn(C)c(C)n2)CC1. The van der Waals surface area contributed by atoms with Gasteiger partial charge in [0.15, 0.2) is 5.03 Å². The first kappa shape index (κ1) is 19.6. The summed E-state index contributed by atoms with van der Waals surface area (Å²) in [5, 5.41) is 4.36. The van der Waals surface area contributed by atoms with E-state index in [4.69, 9.17) is 0 Å². The lowest BCUT2D eigenvalue weighted by atomic mass is 10.1. The summed E-state index contributed by atoms with van der Waals surface area (Å²) in [5.74, 6) is 0.550. The molecule has 0 radical (unpaired) electrons. The Balaban J connectivity index is 1.78. The standard InChI is InChI=1S/C17H26N6O3S/c1-12-16(13(2)21(5)19-12)17(24)22-7-6-8-23(10-9-22)27(25,26)15-11-20(4)14(3)18-15/h11H,6-10H2,1-5H3. The first-order chi connectivity index (χ1) is 12.6. The molecule has 0 N–H and O–H groups in total. The van der Waals surface area contributed by atoms with Gasteiger partial charge in [0.25, 0.3) is 15.9 Å². The molecule has 9 nitrogen and oxygen atoms in total. The van der Waals surface area contributed by atoms with Crippen LogP contribution in [0, 0.1) is 20.8 Å². The molecule has 0 spiro atoms. The van der Waals surface area contributed by atoms with Gasteiger partial charge in [0.2, 0.25) is 0 Å². The van der Waals surface area contributed by atoms with Crippen molar-refractivity contribution >= 4 is 15.9 Å². The van der Waals surface area contributed by atoms with E-state index in [9.17, 15) is 13.2 Å². The topological polar surface area (TPSA) is 93.3 Å². The second kappa shape index (κ2) is 7.08. The van der Waals surface area contributed by atoms with Gasteiger partial charge in [-0.25, -0.2) is 13.4 Å². The zero-order valence-electron chi connectivity index (χ0n) is 16.4. The summed E-state index contributed by atoms with van der Waals surface area (Å²) >= 11 is 0. The Hall–Kier alpha value is -2.20. The van der Waals surface area contributed by atoms with Crippen LogP contribution in [0.3, 0.4) is 0 Å². The molecule has 0 saturated carbocycles. The van der Waals surface area contributed by atoms with Crippen molar-refractivity contribution in [3.05, 3.63) is 29.0 Å². The second-order valence-corrected chi connectivity index (χ2v) is 8.84. The monoisotopic (exact) mass is 394 g/mol. The summed E-state index contributed by atoms with van der Waals surface area (Å²) in [6.45, 7) is 6.93.